The minimum Gasteiger partial charge on any atom is -0.371 e. The van der Waals surface area contributed by atoms with Crippen LogP contribution in [0.1, 0.15) is 60.4 Å². The highest BCUT2D eigenvalue weighted by atomic mass is 16.2. The van der Waals surface area contributed by atoms with Crippen LogP contribution in [0.5, 0.6) is 0 Å². The van der Waals surface area contributed by atoms with Gasteiger partial charge in [-0.3, -0.25) is 14.3 Å². The number of nitrogens with one attached hydrogen (secondary N) is 1. The molecule has 0 radical (unpaired) electrons. The Morgan fingerprint density at radius 3 is 2.30 bits per heavy atom. The minimum atomic E-state index is -0.435. The van der Waals surface area contributed by atoms with Crippen LogP contribution in [0.2, 0.25) is 0 Å². The third-order valence-corrected chi connectivity index (χ3v) is 6.13. The normalized spacial score (nSPS) is 17.4. The van der Waals surface area contributed by atoms with Gasteiger partial charge >= 0.3 is 0 Å². The van der Waals surface area contributed by atoms with Gasteiger partial charge in [-0.1, -0.05) is 0 Å². The summed E-state index contributed by atoms with van der Waals surface area (Å²) in [5, 5.41) is 7.42. The number of aromatic nitrogens is 2. The van der Waals surface area contributed by atoms with Crippen molar-refractivity contribution in [2.75, 3.05) is 36.4 Å². The van der Waals surface area contributed by atoms with E-state index in [-0.39, 0.29) is 11.8 Å². The molecule has 0 aliphatic carbocycles. The van der Waals surface area contributed by atoms with Gasteiger partial charge in [0.25, 0.3) is 5.91 Å². The number of hydrogen-bond acceptors (Lipinski definition) is 4. The van der Waals surface area contributed by atoms with Crippen LogP contribution in [0.3, 0.4) is 0 Å². The molecule has 0 unspecified atom stereocenters. The van der Waals surface area contributed by atoms with E-state index in [2.05, 4.69) is 15.3 Å². The van der Waals surface area contributed by atoms with Gasteiger partial charge in [-0.05, 0) is 70.7 Å². The molecule has 4 rings (SSSR count). The fourth-order valence-corrected chi connectivity index (χ4v) is 4.51. The van der Waals surface area contributed by atoms with Crippen LogP contribution in [-0.4, -0.2) is 52.7 Å². The number of amides is 2. The van der Waals surface area contributed by atoms with Gasteiger partial charge in [-0.2, -0.15) is 5.10 Å². The Bertz CT molecular complexity index is 939. The lowest BCUT2D eigenvalue weighted by Gasteiger charge is -2.24. The molecule has 3 heterocycles. The average Bonchev–Trinajstić information content (AvgIpc) is 3.49. The zero-order valence-corrected chi connectivity index (χ0v) is 18.1. The summed E-state index contributed by atoms with van der Waals surface area (Å²) < 4.78 is 1.74. The Labute approximate surface area is 178 Å². The number of nitrogens with zero attached hydrogens (tertiary/aromatic N) is 4. The fourth-order valence-electron chi connectivity index (χ4n) is 4.51. The van der Waals surface area contributed by atoms with Crippen molar-refractivity contribution in [2.24, 2.45) is 0 Å². The standard InChI is InChI=1S/C23H31N5O2/c1-16-14-17(2)28(25-16)18(3)22(29)24-19-8-9-21(26-10-4-5-11-26)20(15-19)23(30)27-12-6-7-13-27/h8-9,14-15,18H,4-7,10-13H2,1-3H3,(H,24,29)/t18-/m0/s1. The predicted octanol–water partition coefficient (Wildman–Crippen LogP) is 3.54. The molecule has 7 nitrogen and oxygen atoms in total. The summed E-state index contributed by atoms with van der Waals surface area (Å²) in [5.74, 6) is -0.0770. The molecule has 0 bridgehead atoms. The second-order valence-corrected chi connectivity index (χ2v) is 8.46. The number of carbonyl (C=O) groups is 2. The van der Waals surface area contributed by atoms with Crippen LogP contribution < -0.4 is 10.2 Å². The van der Waals surface area contributed by atoms with Crippen LogP contribution in [0.4, 0.5) is 11.4 Å². The average molecular weight is 410 g/mol. The maximum absolute atomic E-state index is 13.2. The molecule has 0 spiro atoms. The van der Waals surface area contributed by atoms with Crippen molar-refractivity contribution >= 4 is 23.2 Å². The molecular weight excluding hydrogens is 378 g/mol. The number of rotatable bonds is 5. The molecular formula is C23H31N5O2. The molecule has 1 atom stereocenters. The van der Waals surface area contributed by atoms with E-state index in [0.29, 0.717) is 11.3 Å². The summed E-state index contributed by atoms with van der Waals surface area (Å²) in [4.78, 5) is 30.3. The monoisotopic (exact) mass is 409 g/mol. The van der Waals surface area contributed by atoms with E-state index >= 15 is 0 Å². The summed E-state index contributed by atoms with van der Waals surface area (Å²) in [6, 6.07) is 7.26. The quantitative estimate of drug-likeness (QED) is 0.820. The summed E-state index contributed by atoms with van der Waals surface area (Å²) in [5.41, 5.74) is 4.16. The first kappa shape index (κ1) is 20.4. The van der Waals surface area contributed by atoms with Crippen LogP contribution >= 0.6 is 0 Å². The first-order valence-corrected chi connectivity index (χ1v) is 11.0. The maximum atomic E-state index is 13.2. The van der Waals surface area contributed by atoms with Crippen LogP contribution in [-0.2, 0) is 4.79 Å². The number of carbonyl (C=O) groups excluding carboxylic acids is 2. The number of aryl methyl sites for hydroxylation is 2. The highest BCUT2D eigenvalue weighted by Gasteiger charge is 2.26. The lowest BCUT2D eigenvalue weighted by Crippen LogP contribution is -2.30. The van der Waals surface area contributed by atoms with Crippen molar-refractivity contribution in [3.63, 3.8) is 0 Å². The fraction of sp³-hybridized carbons (Fsp3) is 0.522. The van der Waals surface area contributed by atoms with E-state index in [1.165, 1.54) is 0 Å². The second-order valence-electron chi connectivity index (χ2n) is 8.46. The van der Waals surface area contributed by atoms with Crippen molar-refractivity contribution in [2.45, 2.75) is 52.5 Å². The molecule has 2 saturated heterocycles. The Balaban J connectivity index is 1.58. The number of likely N-dealkylation sites (tertiary alicyclic amines) is 1. The molecule has 2 aliphatic rings. The lowest BCUT2D eigenvalue weighted by molar-refractivity contribution is -0.119. The van der Waals surface area contributed by atoms with Gasteiger partial charge in [0.2, 0.25) is 5.91 Å². The SMILES string of the molecule is Cc1cc(C)n([C@@H](C)C(=O)Nc2ccc(N3CCCC3)c(C(=O)N3CCCC3)c2)n1. The van der Waals surface area contributed by atoms with Crippen molar-refractivity contribution in [3.05, 3.63) is 41.2 Å². The molecule has 30 heavy (non-hydrogen) atoms. The zero-order chi connectivity index (χ0) is 21.3. The Morgan fingerprint density at radius 2 is 1.67 bits per heavy atom. The second kappa shape index (κ2) is 8.50. The molecule has 0 saturated carbocycles. The zero-order valence-electron chi connectivity index (χ0n) is 18.1. The number of anilines is 2. The predicted molar refractivity (Wildman–Crippen MR) is 118 cm³/mol. The third-order valence-electron chi connectivity index (χ3n) is 6.13. The van der Waals surface area contributed by atoms with E-state index in [1.54, 1.807) is 4.68 Å². The topological polar surface area (TPSA) is 70.5 Å². The Morgan fingerprint density at radius 1 is 1.00 bits per heavy atom. The van der Waals surface area contributed by atoms with Crippen molar-refractivity contribution in [1.82, 2.24) is 14.7 Å². The van der Waals surface area contributed by atoms with E-state index in [4.69, 9.17) is 0 Å². The molecule has 2 aromatic rings. The van der Waals surface area contributed by atoms with E-state index in [0.717, 1.165) is 68.9 Å². The van der Waals surface area contributed by atoms with E-state index < -0.39 is 6.04 Å². The summed E-state index contributed by atoms with van der Waals surface area (Å²) in [7, 11) is 0. The molecule has 7 heteroatoms. The largest absolute Gasteiger partial charge is 0.371 e. The van der Waals surface area contributed by atoms with Gasteiger partial charge in [0.15, 0.2) is 0 Å². The minimum absolute atomic E-state index is 0.0668. The van der Waals surface area contributed by atoms with Crippen LogP contribution in [0.15, 0.2) is 24.3 Å². The smallest absolute Gasteiger partial charge is 0.256 e. The molecule has 2 aliphatic heterocycles. The van der Waals surface area contributed by atoms with Crippen LogP contribution in [0, 0.1) is 13.8 Å². The van der Waals surface area contributed by atoms with Crippen molar-refractivity contribution in [1.29, 1.82) is 0 Å². The van der Waals surface area contributed by atoms with E-state index in [9.17, 15) is 9.59 Å². The molecule has 2 amide bonds. The van der Waals surface area contributed by atoms with Gasteiger partial charge in [-0.25, -0.2) is 0 Å². The van der Waals surface area contributed by atoms with E-state index in [1.807, 2.05) is 49.9 Å². The first-order chi connectivity index (χ1) is 14.4. The van der Waals surface area contributed by atoms with Crippen molar-refractivity contribution in [3.8, 4) is 0 Å². The molecule has 2 fully saturated rings. The molecule has 1 aromatic heterocycles. The Kier molecular flexibility index (Phi) is 5.79. The van der Waals surface area contributed by atoms with Gasteiger partial charge in [-0.15, -0.1) is 0 Å². The van der Waals surface area contributed by atoms with Gasteiger partial charge in [0.1, 0.15) is 6.04 Å². The van der Waals surface area contributed by atoms with Gasteiger partial charge < -0.3 is 15.1 Å². The number of hydrogen-bond donors (Lipinski definition) is 1. The number of benzene rings is 1. The summed E-state index contributed by atoms with van der Waals surface area (Å²) >= 11 is 0. The van der Waals surface area contributed by atoms with Crippen molar-refractivity contribution < 1.29 is 9.59 Å². The summed E-state index contributed by atoms with van der Waals surface area (Å²) in [6.45, 7) is 9.27. The third kappa shape index (κ3) is 4.06. The Hall–Kier alpha value is -2.83. The first-order valence-electron chi connectivity index (χ1n) is 11.0. The highest BCUT2D eigenvalue weighted by Crippen LogP contribution is 2.30. The van der Waals surface area contributed by atoms with Gasteiger partial charge in [0.05, 0.1) is 11.3 Å². The maximum Gasteiger partial charge on any atom is 0.256 e. The lowest BCUT2D eigenvalue weighted by atomic mass is 10.1. The van der Waals surface area contributed by atoms with Gasteiger partial charge in [0, 0.05) is 43.2 Å². The molecule has 1 aromatic carbocycles. The summed E-state index contributed by atoms with van der Waals surface area (Å²) in [6.07, 6.45) is 4.41. The molecule has 160 valence electrons. The molecule has 1 N–H and O–H groups in total. The highest BCUT2D eigenvalue weighted by molar-refractivity contribution is 6.02. The van der Waals surface area contributed by atoms with Crippen LogP contribution in [0.25, 0.3) is 0 Å².